The van der Waals surface area contributed by atoms with Gasteiger partial charge in [0.05, 0.1) is 5.60 Å². The van der Waals surface area contributed by atoms with E-state index in [2.05, 4.69) is 0 Å². The Kier molecular flexibility index (Phi) is 2.98. The monoisotopic (exact) mass is 200 g/mol. The highest BCUT2D eigenvalue weighted by molar-refractivity contribution is 7.98. The quantitative estimate of drug-likeness (QED) is 0.741. The normalized spacial score (nSPS) is 11.8. The summed E-state index contributed by atoms with van der Waals surface area (Å²) in [6.07, 6.45) is 1.87. The summed E-state index contributed by atoms with van der Waals surface area (Å²) in [4.78, 5) is 0.785. The van der Waals surface area contributed by atoms with Crippen LogP contribution in [0.15, 0.2) is 23.1 Å². The molecular formula is C10H13FOS. The van der Waals surface area contributed by atoms with Gasteiger partial charge in [-0.2, -0.15) is 0 Å². The van der Waals surface area contributed by atoms with Crippen LogP contribution in [0.5, 0.6) is 0 Å². The van der Waals surface area contributed by atoms with Gasteiger partial charge >= 0.3 is 0 Å². The summed E-state index contributed by atoms with van der Waals surface area (Å²) in [6.45, 7) is 3.18. The van der Waals surface area contributed by atoms with Gasteiger partial charge in [-0.3, -0.25) is 0 Å². The van der Waals surface area contributed by atoms with Gasteiger partial charge in [-0.05, 0) is 32.2 Å². The van der Waals surface area contributed by atoms with Crippen molar-refractivity contribution in [3.8, 4) is 0 Å². The van der Waals surface area contributed by atoms with Crippen molar-refractivity contribution >= 4 is 11.8 Å². The van der Waals surface area contributed by atoms with E-state index in [1.165, 1.54) is 17.8 Å². The number of thioether (sulfide) groups is 1. The number of benzene rings is 1. The van der Waals surface area contributed by atoms with E-state index in [9.17, 15) is 9.50 Å². The molecule has 1 rings (SSSR count). The Morgan fingerprint density at radius 1 is 1.38 bits per heavy atom. The Morgan fingerprint density at radius 3 is 2.38 bits per heavy atom. The molecule has 72 valence electrons. The van der Waals surface area contributed by atoms with Gasteiger partial charge in [0.2, 0.25) is 0 Å². The fourth-order valence-electron chi connectivity index (χ4n) is 1.27. The second-order valence-electron chi connectivity index (χ2n) is 3.38. The third kappa shape index (κ3) is 2.23. The first-order valence-electron chi connectivity index (χ1n) is 4.02. The van der Waals surface area contributed by atoms with Crippen molar-refractivity contribution in [3.63, 3.8) is 0 Å². The van der Waals surface area contributed by atoms with Gasteiger partial charge in [0, 0.05) is 10.5 Å². The van der Waals surface area contributed by atoms with Crippen molar-refractivity contribution < 1.29 is 9.50 Å². The molecule has 1 aromatic rings. The van der Waals surface area contributed by atoms with Crippen molar-refractivity contribution in [2.24, 2.45) is 0 Å². The van der Waals surface area contributed by atoms with Crippen LogP contribution in [0.25, 0.3) is 0 Å². The van der Waals surface area contributed by atoms with E-state index in [-0.39, 0.29) is 5.82 Å². The van der Waals surface area contributed by atoms with E-state index in [0.29, 0.717) is 5.56 Å². The van der Waals surface area contributed by atoms with Gasteiger partial charge in [-0.25, -0.2) is 4.39 Å². The SMILES string of the molecule is CSc1cccc(F)c1C(C)(C)O. The van der Waals surface area contributed by atoms with Crippen LogP contribution >= 0.6 is 11.8 Å². The van der Waals surface area contributed by atoms with E-state index in [4.69, 9.17) is 0 Å². The molecule has 0 bridgehead atoms. The van der Waals surface area contributed by atoms with Gasteiger partial charge in [0.1, 0.15) is 5.82 Å². The molecule has 0 saturated carbocycles. The maximum Gasteiger partial charge on any atom is 0.130 e. The van der Waals surface area contributed by atoms with Crippen LogP contribution in [-0.2, 0) is 5.60 Å². The van der Waals surface area contributed by atoms with Crippen molar-refractivity contribution in [1.82, 2.24) is 0 Å². The molecule has 0 aromatic heterocycles. The summed E-state index contributed by atoms with van der Waals surface area (Å²) in [5, 5.41) is 9.73. The highest BCUT2D eigenvalue weighted by Gasteiger charge is 2.23. The van der Waals surface area contributed by atoms with Crippen LogP contribution in [0, 0.1) is 5.82 Å². The van der Waals surface area contributed by atoms with Crippen LogP contribution in [-0.4, -0.2) is 11.4 Å². The topological polar surface area (TPSA) is 20.2 Å². The largest absolute Gasteiger partial charge is 0.386 e. The zero-order chi connectivity index (χ0) is 10.1. The first-order valence-corrected chi connectivity index (χ1v) is 5.24. The summed E-state index contributed by atoms with van der Waals surface area (Å²) in [5.41, 5.74) is -0.744. The van der Waals surface area contributed by atoms with E-state index in [1.807, 2.05) is 6.26 Å². The van der Waals surface area contributed by atoms with Crippen molar-refractivity contribution in [2.45, 2.75) is 24.3 Å². The Morgan fingerprint density at radius 2 is 2.00 bits per heavy atom. The number of hydrogen-bond acceptors (Lipinski definition) is 2. The standard InChI is InChI=1S/C10H13FOS/c1-10(2,12)9-7(11)5-4-6-8(9)13-3/h4-6,12H,1-3H3. The molecule has 0 radical (unpaired) electrons. The van der Waals surface area contributed by atoms with Crippen molar-refractivity contribution in [2.75, 3.05) is 6.26 Å². The van der Waals surface area contributed by atoms with Crippen molar-refractivity contribution in [3.05, 3.63) is 29.6 Å². The average molecular weight is 200 g/mol. The lowest BCUT2D eigenvalue weighted by atomic mass is 9.98. The van der Waals surface area contributed by atoms with Gasteiger partial charge < -0.3 is 5.11 Å². The molecule has 0 atom stereocenters. The minimum absolute atomic E-state index is 0.348. The maximum atomic E-state index is 13.4. The number of aliphatic hydroxyl groups is 1. The summed E-state index contributed by atoms with van der Waals surface area (Å²) in [5.74, 6) is -0.348. The van der Waals surface area contributed by atoms with E-state index in [1.54, 1.807) is 26.0 Å². The highest BCUT2D eigenvalue weighted by atomic mass is 32.2. The van der Waals surface area contributed by atoms with Gasteiger partial charge in [-0.15, -0.1) is 11.8 Å². The molecular weight excluding hydrogens is 187 g/mol. The Hall–Kier alpha value is -0.540. The summed E-state index contributed by atoms with van der Waals surface area (Å²) < 4.78 is 13.4. The summed E-state index contributed by atoms with van der Waals surface area (Å²) in [6, 6.07) is 4.82. The predicted molar refractivity (Wildman–Crippen MR) is 53.4 cm³/mol. The fourth-order valence-corrected chi connectivity index (χ4v) is 2.03. The van der Waals surface area contributed by atoms with Crippen LogP contribution < -0.4 is 0 Å². The molecule has 0 spiro atoms. The van der Waals surface area contributed by atoms with Gasteiger partial charge in [-0.1, -0.05) is 6.07 Å². The molecule has 1 N–H and O–H groups in total. The molecule has 3 heteroatoms. The Labute approximate surface area is 82.0 Å². The van der Waals surface area contributed by atoms with Crippen LogP contribution in [0.4, 0.5) is 4.39 Å². The summed E-state index contributed by atoms with van der Waals surface area (Å²) >= 11 is 1.44. The summed E-state index contributed by atoms with van der Waals surface area (Å²) in [7, 11) is 0. The second-order valence-corrected chi connectivity index (χ2v) is 4.22. The van der Waals surface area contributed by atoms with Gasteiger partial charge in [0.25, 0.3) is 0 Å². The maximum absolute atomic E-state index is 13.4. The molecule has 0 unspecified atom stereocenters. The lowest BCUT2D eigenvalue weighted by molar-refractivity contribution is 0.0715. The Bertz CT molecular complexity index is 304. The van der Waals surface area contributed by atoms with E-state index >= 15 is 0 Å². The Balaban J connectivity index is 3.32. The third-order valence-electron chi connectivity index (χ3n) is 1.81. The molecule has 0 fully saturated rings. The number of halogens is 1. The minimum Gasteiger partial charge on any atom is -0.386 e. The molecule has 0 saturated heterocycles. The van der Waals surface area contributed by atoms with Crippen molar-refractivity contribution in [1.29, 1.82) is 0 Å². The molecule has 13 heavy (non-hydrogen) atoms. The molecule has 1 aromatic carbocycles. The number of hydrogen-bond donors (Lipinski definition) is 1. The fraction of sp³-hybridized carbons (Fsp3) is 0.400. The molecule has 0 amide bonds. The van der Waals surface area contributed by atoms with Gasteiger partial charge in [0.15, 0.2) is 0 Å². The molecule has 0 aliphatic carbocycles. The molecule has 0 aliphatic rings. The molecule has 0 aliphatic heterocycles. The average Bonchev–Trinajstić information content (AvgIpc) is 2.01. The number of rotatable bonds is 2. The predicted octanol–water partition coefficient (Wildman–Crippen LogP) is 2.78. The van der Waals surface area contributed by atoms with Crippen LogP contribution in [0.1, 0.15) is 19.4 Å². The third-order valence-corrected chi connectivity index (χ3v) is 2.59. The molecule has 0 heterocycles. The first kappa shape index (κ1) is 10.5. The first-order chi connectivity index (χ1) is 5.96. The van der Waals surface area contributed by atoms with E-state index in [0.717, 1.165) is 4.90 Å². The lowest BCUT2D eigenvalue weighted by Crippen LogP contribution is -2.18. The van der Waals surface area contributed by atoms with E-state index < -0.39 is 5.60 Å². The zero-order valence-electron chi connectivity index (χ0n) is 7.97. The second kappa shape index (κ2) is 3.68. The highest BCUT2D eigenvalue weighted by Crippen LogP contribution is 2.31. The minimum atomic E-state index is -1.12. The van der Waals surface area contributed by atoms with Crippen LogP contribution in [0.3, 0.4) is 0 Å². The molecule has 1 nitrogen and oxygen atoms in total. The zero-order valence-corrected chi connectivity index (χ0v) is 8.78. The smallest absolute Gasteiger partial charge is 0.130 e. The lowest BCUT2D eigenvalue weighted by Gasteiger charge is -2.21. The van der Waals surface area contributed by atoms with Crippen LogP contribution in [0.2, 0.25) is 0 Å².